The predicted octanol–water partition coefficient (Wildman–Crippen LogP) is 2.30. The van der Waals surface area contributed by atoms with E-state index in [1.54, 1.807) is 17.8 Å². The molecule has 0 aliphatic carbocycles. The number of benzene rings is 1. The Morgan fingerprint density at radius 1 is 1.41 bits per heavy atom. The lowest BCUT2D eigenvalue weighted by molar-refractivity contribution is -0.133. The van der Waals surface area contributed by atoms with Crippen LogP contribution in [-0.2, 0) is 17.6 Å². The van der Waals surface area contributed by atoms with E-state index in [0.717, 1.165) is 11.3 Å². The van der Waals surface area contributed by atoms with Gasteiger partial charge in [0.25, 0.3) is 5.91 Å². The summed E-state index contributed by atoms with van der Waals surface area (Å²) in [6, 6.07) is 7.38. The molecule has 0 saturated heterocycles. The first kappa shape index (κ1) is 16.1. The second-order valence-electron chi connectivity index (χ2n) is 4.81. The summed E-state index contributed by atoms with van der Waals surface area (Å²) >= 11 is 1.32. The number of thioether (sulfide) groups is 1. The monoisotopic (exact) mass is 319 g/mol. The molecule has 0 atom stereocenters. The average Bonchev–Trinajstić information content (AvgIpc) is 2.79. The van der Waals surface area contributed by atoms with E-state index >= 15 is 0 Å². The zero-order chi connectivity index (χ0) is 16.1. The fourth-order valence-electron chi connectivity index (χ4n) is 1.92. The molecule has 0 unspecified atom stereocenters. The highest BCUT2D eigenvalue weighted by Crippen LogP contribution is 2.17. The summed E-state index contributed by atoms with van der Waals surface area (Å²) in [6.45, 7) is 1.83. The maximum atomic E-state index is 12.2. The summed E-state index contributed by atoms with van der Waals surface area (Å²) in [6.07, 6.45) is 1.54. The van der Waals surface area contributed by atoms with Gasteiger partial charge in [0.15, 0.2) is 0 Å². The molecule has 1 heterocycles. The third kappa shape index (κ3) is 4.11. The molecule has 2 N–H and O–H groups in total. The van der Waals surface area contributed by atoms with Gasteiger partial charge in [-0.15, -0.1) is 11.8 Å². The number of aliphatic carboxylic acids is 1. The number of anilines is 1. The van der Waals surface area contributed by atoms with Gasteiger partial charge in [-0.1, -0.05) is 12.1 Å². The lowest BCUT2D eigenvalue weighted by Crippen LogP contribution is -2.13. The first-order chi connectivity index (χ1) is 10.5. The second kappa shape index (κ2) is 7.13. The molecule has 0 aliphatic heterocycles. The molecule has 116 valence electrons. The van der Waals surface area contributed by atoms with E-state index in [9.17, 15) is 9.59 Å². The van der Waals surface area contributed by atoms with E-state index < -0.39 is 5.97 Å². The van der Waals surface area contributed by atoms with Gasteiger partial charge in [-0.3, -0.25) is 14.3 Å². The summed E-state index contributed by atoms with van der Waals surface area (Å²) in [5.41, 5.74) is 2.98. The average molecular weight is 319 g/mol. The normalized spacial score (nSPS) is 10.5. The van der Waals surface area contributed by atoms with Gasteiger partial charge >= 0.3 is 5.97 Å². The minimum absolute atomic E-state index is 0.0610. The van der Waals surface area contributed by atoms with Crippen molar-refractivity contribution in [1.29, 1.82) is 0 Å². The number of hydrogen-bond donors (Lipinski definition) is 2. The number of aromatic nitrogens is 2. The number of amides is 1. The topological polar surface area (TPSA) is 84.2 Å². The Hall–Kier alpha value is -2.28. The van der Waals surface area contributed by atoms with Gasteiger partial charge in [0.1, 0.15) is 0 Å². The van der Waals surface area contributed by atoms with Crippen LogP contribution in [0.4, 0.5) is 5.69 Å². The van der Waals surface area contributed by atoms with Crippen LogP contribution in [0.25, 0.3) is 0 Å². The molecule has 0 saturated carbocycles. The molecule has 2 aromatic rings. The predicted molar refractivity (Wildman–Crippen MR) is 86.1 cm³/mol. The van der Waals surface area contributed by atoms with Crippen molar-refractivity contribution in [3.05, 3.63) is 47.3 Å². The van der Waals surface area contributed by atoms with Crippen molar-refractivity contribution in [2.75, 3.05) is 11.1 Å². The smallest absolute Gasteiger partial charge is 0.313 e. The van der Waals surface area contributed by atoms with Crippen LogP contribution >= 0.6 is 11.8 Å². The molecular weight excluding hydrogens is 302 g/mol. The molecule has 0 fully saturated rings. The molecule has 1 aromatic heterocycles. The third-order valence-electron chi connectivity index (χ3n) is 3.16. The number of carboxylic acid groups (broad SMARTS) is 1. The Morgan fingerprint density at radius 3 is 2.82 bits per heavy atom. The van der Waals surface area contributed by atoms with Crippen molar-refractivity contribution in [3.63, 3.8) is 0 Å². The lowest BCUT2D eigenvalue weighted by Gasteiger charge is -2.07. The molecule has 1 amide bonds. The van der Waals surface area contributed by atoms with Crippen molar-refractivity contribution < 1.29 is 14.7 Å². The van der Waals surface area contributed by atoms with E-state index in [1.807, 2.05) is 25.1 Å². The van der Waals surface area contributed by atoms with E-state index in [2.05, 4.69) is 10.4 Å². The molecule has 0 bridgehead atoms. The highest BCUT2D eigenvalue weighted by molar-refractivity contribution is 7.99. The third-order valence-corrected chi connectivity index (χ3v) is 4.15. The summed E-state index contributed by atoms with van der Waals surface area (Å²) in [5.74, 6) is -0.393. The van der Waals surface area contributed by atoms with Crippen molar-refractivity contribution in [2.45, 2.75) is 12.7 Å². The molecule has 6 nitrogen and oxygen atoms in total. The minimum Gasteiger partial charge on any atom is -0.481 e. The highest BCUT2D eigenvalue weighted by Gasteiger charge is 2.13. The van der Waals surface area contributed by atoms with Gasteiger partial charge in [0.05, 0.1) is 17.5 Å². The molecule has 7 heteroatoms. The Morgan fingerprint density at radius 2 is 2.18 bits per heavy atom. The van der Waals surface area contributed by atoms with Crippen molar-refractivity contribution in [3.8, 4) is 0 Å². The molecule has 2 rings (SSSR count). The van der Waals surface area contributed by atoms with Crippen LogP contribution < -0.4 is 5.32 Å². The standard InChI is InChI=1S/C15H17N3O3S/c1-10-13(7-16-18(10)2)15(21)17-12-5-3-4-11(6-12)8-22-9-14(19)20/h3-7H,8-9H2,1-2H3,(H,17,21)(H,19,20). The van der Waals surface area contributed by atoms with Gasteiger partial charge < -0.3 is 10.4 Å². The van der Waals surface area contributed by atoms with Crippen LogP contribution in [0.3, 0.4) is 0 Å². The molecule has 1 aromatic carbocycles. The van der Waals surface area contributed by atoms with E-state index in [4.69, 9.17) is 5.11 Å². The van der Waals surface area contributed by atoms with Crippen LogP contribution in [-0.4, -0.2) is 32.5 Å². The zero-order valence-corrected chi connectivity index (χ0v) is 13.2. The molecule has 0 aliphatic rings. The fraction of sp³-hybridized carbons (Fsp3) is 0.267. The van der Waals surface area contributed by atoms with Crippen molar-refractivity contribution >= 4 is 29.3 Å². The summed E-state index contributed by atoms with van der Waals surface area (Å²) in [7, 11) is 1.78. The van der Waals surface area contributed by atoms with Crippen LogP contribution in [0.15, 0.2) is 30.5 Å². The number of hydrogen-bond acceptors (Lipinski definition) is 4. The molecule has 22 heavy (non-hydrogen) atoms. The van der Waals surface area contributed by atoms with Gasteiger partial charge in [0, 0.05) is 24.2 Å². The SMILES string of the molecule is Cc1c(C(=O)Nc2cccc(CSCC(=O)O)c2)cnn1C. The highest BCUT2D eigenvalue weighted by atomic mass is 32.2. The Labute approximate surface area is 132 Å². The van der Waals surface area contributed by atoms with Gasteiger partial charge in [-0.2, -0.15) is 5.10 Å². The maximum absolute atomic E-state index is 12.2. The maximum Gasteiger partial charge on any atom is 0.313 e. The largest absolute Gasteiger partial charge is 0.481 e. The fourth-order valence-corrected chi connectivity index (χ4v) is 2.61. The van der Waals surface area contributed by atoms with E-state index in [0.29, 0.717) is 17.0 Å². The van der Waals surface area contributed by atoms with Gasteiger partial charge in [-0.25, -0.2) is 0 Å². The van der Waals surface area contributed by atoms with Crippen molar-refractivity contribution in [2.24, 2.45) is 7.05 Å². The summed E-state index contributed by atoms with van der Waals surface area (Å²) in [4.78, 5) is 22.7. The Balaban J connectivity index is 2.02. The van der Waals surface area contributed by atoms with Crippen LogP contribution in [0, 0.1) is 6.92 Å². The first-order valence-corrected chi connectivity index (χ1v) is 7.81. The number of nitrogens with one attached hydrogen (secondary N) is 1. The molecule has 0 radical (unpaired) electrons. The minimum atomic E-state index is -0.832. The Bertz CT molecular complexity index is 697. The molecule has 0 spiro atoms. The van der Waals surface area contributed by atoms with Crippen LogP contribution in [0.1, 0.15) is 21.6 Å². The van der Waals surface area contributed by atoms with Gasteiger partial charge in [0.2, 0.25) is 0 Å². The second-order valence-corrected chi connectivity index (χ2v) is 5.79. The van der Waals surface area contributed by atoms with E-state index in [1.165, 1.54) is 18.0 Å². The molecular formula is C15H17N3O3S. The first-order valence-electron chi connectivity index (χ1n) is 6.66. The van der Waals surface area contributed by atoms with E-state index in [-0.39, 0.29) is 11.7 Å². The lowest BCUT2D eigenvalue weighted by atomic mass is 10.2. The summed E-state index contributed by atoms with van der Waals surface area (Å²) in [5, 5.41) is 15.5. The number of carbonyl (C=O) groups excluding carboxylic acids is 1. The zero-order valence-electron chi connectivity index (χ0n) is 12.4. The number of aryl methyl sites for hydroxylation is 1. The summed E-state index contributed by atoms with van der Waals surface area (Å²) < 4.78 is 1.65. The van der Waals surface area contributed by atoms with Crippen LogP contribution in [0.5, 0.6) is 0 Å². The quantitative estimate of drug-likeness (QED) is 0.853. The number of rotatable bonds is 6. The Kier molecular flexibility index (Phi) is 5.21. The number of carbonyl (C=O) groups is 2. The van der Waals surface area contributed by atoms with Gasteiger partial charge in [-0.05, 0) is 24.6 Å². The van der Waals surface area contributed by atoms with Crippen molar-refractivity contribution in [1.82, 2.24) is 9.78 Å². The number of nitrogens with zero attached hydrogens (tertiary/aromatic N) is 2. The van der Waals surface area contributed by atoms with Crippen LogP contribution in [0.2, 0.25) is 0 Å². The number of carboxylic acids is 1.